The van der Waals surface area contributed by atoms with Crippen molar-refractivity contribution in [2.75, 3.05) is 19.6 Å². The summed E-state index contributed by atoms with van der Waals surface area (Å²) in [6.07, 6.45) is 1.57. The zero-order valence-corrected chi connectivity index (χ0v) is 9.72. The van der Waals surface area contributed by atoms with E-state index in [0.29, 0.717) is 19.6 Å². The number of thiazole rings is 1. The molecule has 0 amide bonds. The van der Waals surface area contributed by atoms with Gasteiger partial charge in [-0.25, -0.2) is 13.8 Å². The SMILES string of the molecule is NCC(c1nccs1)N1CCC(F)(F)CC1. The molecular formula is C10H15F2N3S. The Bertz CT molecular complexity index is 319. The van der Waals surface area contributed by atoms with Crippen LogP contribution in [-0.2, 0) is 0 Å². The Labute approximate surface area is 97.3 Å². The van der Waals surface area contributed by atoms with Crippen LogP contribution >= 0.6 is 11.3 Å². The van der Waals surface area contributed by atoms with Crippen LogP contribution in [0.15, 0.2) is 11.6 Å². The van der Waals surface area contributed by atoms with Gasteiger partial charge in [-0.1, -0.05) is 0 Å². The quantitative estimate of drug-likeness (QED) is 0.886. The largest absolute Gasteiger partial charge is 0.329 e. The van der Waals surface area contributed by atoms with Crippen LogP contribution < -0.4 is 5.73 Å². The summed E-state index contributed by atoms with van der Waals surface area (Å²) in [5.74, 6) is -2.50. The highest BCUT2D eigenvalue weighted by atomic mass is 32.1. The molecule has 1 aromatic rings. The molecule has 0 aromatic carbocycles. The molecule has 1 fully saturated rings. The van der Waals surface area contributed by atoms with Crippen molar-refractivity contribution in [3.05, 3.63) is 16.6 Å². The lowest BCUT2D eigenvalue weighted by molar-refractivity contribution is -0.0627. The Morgan fingerprint density at radius 1 is 1.50 bits per heavy atom. The molecule has 16 heavy (non-hydrogen) atoms. The molecular weight excluding hydrogens is 232 g/mol. The van der Waals surface area contributed by atoms with Gasteiger partial charge in [-0.05, 0) is 0 Å². The third kappa shape index (κ3) is 2.56. The molecule has 0 spiro atoms. The molecule has 1 aromatic heterocycles. The number of nitrogens with zero attached hydrogens (tertiary/aromatic N) is 2. The number of aromatic nitrogens is 1. The third-order valence-corrected chi connectivity index (χ3v) is 3.81. The highest BCUT2D eigenvalue weighted by Crippen LogP contribution is 2.32. The second-order valence-electron chi connectivity index (χ2n) is 4.01. The van der Waals surface area contributed by atoms with E-state index in [1.807, 2.05) is 10.3 Å². The Balaban J connectivity index is 2.02. The molecule has 0 bridgehead atoms. The predicted octanol–water partition coefficient (Wildman–Crippen LogP) is 1.87. The first-order valence-corrected chi connectivity index (χ1v) is 6.22. The van der Waals surface area contributed by atoms with E-state index in [1.54, 1.807) is 6.20 Å². The average Bonchev–Trinajstić information content (AvgIpc) is 2.75. The lowest BCUT2D eigenvalue weighted by Crippen LogP contribution is -2.43. The van der Waals surface area contributed by atoms with Crippen LogP contribution in [0.5, 0.6) is 0 Å². The Morgan fingerprint density at radius 2 is 2.19 bits per heavy atom. The summed E-state index contributed by atoms with van der Waals surface area (Å²) in [6.45, 7) is 1.22. The Hall–Kier alpha value is -0.590. The van der Waals surface area contributed by atoms with E-state index in [0.717, 1.165) is 5.01 Å². The molecule has 90 valence electrons. The number of alkyl halides is 2. The first-order chi connectivity index (χ1) is 7.62. The van der Waals surface area contributed by atoms with Gasteiger partial charge in [-0.2, -0.15) is 0 Å². The fourth-order valence-electron chi connectivity index (χ4n) is 1.97. The van der Waals surface area contributed by atoms with Crippen molar-refractivity contribution in [2.45, 2.75) is 24.8 Å². The van der Waals surface area contributed by atoms with Gasteiger partial charge < -0.3 is 5.73 Å². The van der Waals surface area contributed by atoms with E-state index in [9.17, 15) is 8.78 Å². The number of hydrogen-bond acceptors (Lipinski definition) is 4. The maximum absolute atomic E-state index is 13.0. The number of halogens is 2. The van der Waals surface area contributed by atoms with Gasteiger partial charge in [0, 0.05) is 44.1 Å². The highest BCUT2D eigenvalue weighted by Gasteiger charge is 2.36. The zero-order chi connectivity index (χ0) is 11.6. The van der Waals surface area contributed by atoms with Crippen LogP contribution in [-0.4, -0.2) is 35.4 Å². The zero-order valence-electron chi connectivity index (χ0n) is 8.90. The van der Waals surface area contributed by atoms with E-state index in [1.165, 1.54) is 11.3 Å². The first-order valence-electron chi connectivity index (χ1n) is 5.34. The van der Waals surface area contributed by atoms with E-state index in [-0.39, 0.29) is 18.9 Å². The molecule has 6 heteroatoms. The molecule has 2 N–H and O–H groups in total. The van der Waals surface area contributed by atoms with Crippen LogP contribution in [0, 0.1) is 0 Å². The van der Waals surface area contributed by atoms with Gasteiger partial charge in [0.2, 0.25) is 0 Å². The molecule has 2 heterocycles. The van der Waals surface area contributed by atoms with Crippen LogP contribution in [0.25, 0.3) is 0 Å². The van der Waals surface area contributed by atoms with Crippen molar-refractivity contribution in [1.82, 2.24) is 9.88 Å². The normalized spacial score (nSPS) is 23.2. The van der Waals surface area contributed by atoms with Crippen molar-refractivity contribution in [3.63, 3.8) is 0 Å². The van der Waals surface area contributed by atoms with Crippen LogP contribution in [0.4, 0.5) is 8.78 Å². The fourth-order valence-corrected chi connectivity index (χ4v) is 2.75. The molecule has 1 saturated heterocycles. The maximum Gasteiger partial charge on any atom is 0.250 e. The number of piperidine rings is 1. The van der Waals surface area contributed by atoms with Gasteiger partial charge >= 0.3 is 0 Å². The summed E-state index contributed by atoms with van der Waals surface area (Å²) in [5, 5.41) is 2.81. The number of nitrogens with two attached hydrogens (primary N) is 1. The van der Waals surface area contributed by atoms with Gasteiger partial charge in [0.15, 0.2) is 0 Å². The lowest BCUT2D eigenvalue weighted by Gasteiger charge is -2.36. The minimum Gasteiger partial charge on any atom is -0.329 e. The van der Waals surface area contributed by atoms with Gasteiger partial charge in [-0.3, -0.25) is 4.90 Å². The fraction of sp³-hybridized carbons (Fsp3) is 0.700. The summed E-state index contributed by atoms with van der Waals surface area (Å²) >= 11 is 1.53. The summed E-state index contributed by atoms with van der Waals surface area (Å²) in [4.78, 5) is 6.22. The van der Waals surface area contributed by atoms with Crippen molar-refractivity contribution in [1.29, 1.82) is 0 Å². The summed E-state index contributed by atoms with van der Waals surface area (Å²) < 4.78 is 26.0. The van der Waals surface area contributed by atoms with Crippen molar-refractivity contribution in [3.8, 4) is 0 Å². The van der Waals surface area contributed by atoms with E-state index in [2.05, 4.69) is 4.98 Å². The number of likely N-dealkylation sites (tertiary alicyclic amines) is 1. The maximum atomic E-state index is 13.0. The second kappa shape index (κ2) is 4.73. The van der Waals surface area contributed by atoms with E-state index in [4.69, 9.17) is 5.73 Å². The molecule has 0 saturated carbocycles. The van der Waals surface area contributed by atoms with Crippen molar-refractivity contribution >= 4 is 11.3 Å². The first kappa shape index (κ1) is 11.9. The van der Waals surface area contributed by atoms with Crippen LogP contribution in [0.1, 0.15) is 23.9 Å². The summed E-state index contributed by atoms with van der Waals surface area (Å²) in [7, 11) is 0. The summed E-state index contributed by atoms with van der Waals surface area (Å²) in [6, 6.07) is -0.00361. The van der Waals surface area contributed by atoms with E-state index >= 15 is 0 Å². The van der Waals surface area contributed by atoms with Crippen LogP contribution in [0.2, 0.25) is 0 Å². The molecule has 1 aliphatic rings. The third-order valence-electron chi connectivity index (χ3n) is 2.93. The van der Waals surface area contributed by atoms with Gasteiger partial charge in [0.25, 0.3) is 5.92 Å². The lowest BCUT2D eigenvalue weighted by atomic mass is 10.0. The molecule has 0 aliphatic carbocycles. The number of hydrogen-bond donors (Lipinski definition) is 1. The smallest absolute Gasteiger partial charge is 0.250 e. The van der Waals surface area contributed by atoms with E-state index < -0.39 is 5.92 Å². The monoisotopic (exact) mass is 247 g/mol. The Kier molecular flexibility index (Phi) is 3.51. The minimum atomic E-state index is -2.50. The Morgan fingerprint density at radius 3 is 2.69 bits per heavy atom. The van der Waals surface area contributed by atoms with Crippen molar-refractivity contribution in [2.24, 2.45) is 5.73 Å². The van der Waals surface area contributed by atoms with Crippen molar-refractivity contribution < 1.29 is 8.78 Å². The standard InChI is InChI=1S/C10H15F2N3S/c11-10(12)1-4-15(5-2-10)8(7-13)9-14-3-6-16-9/h3,6,8H,1-2,4-5,7,13H2. The molecule has 1 aliphatic heterocycles. The van der Waals surface area contributed by atoms with Gasteiger partial charge in [0.1, 0.15) is 5.01 Å². The minimum absolute atomic E-state index is 0.00361. The molecule has 2 rings (SSSR count). The van der Waals surface area contributed by atoms with Crippen LogP contribution in [0.3, 0.4) is 0 Å². The average molecular weight is 247 g/mol. The molecule has 1 unspecified atom stereocenters. The number of rotatable bonds is 3. The second-order valence-corrected chi connectivity index (χ2v) is 4.94. The molecule has 1 atom stereocenters. The summed E-state index contributed by atoms with van der Waals surface area (Å²) in [5.41, 5.74) is 5.70. The van der Waals surface area contributed by atoms with Gasteiger partial charge in [-0.15, -0.1) is 11.3 Å². The molecule has 0 radical (unpaired) electrons. The highest BCUT2D eigenvalue weighted by molar-refractivity contribution is 7.09. The predicted molar refractivity (Wildman–Crippen MR) is 59.7 cm³/mol. The van der Waals surface area contributed by atoms with Gasteiger partial charge in [0.05, 0.1) is 6.04 Å². The topological polar surface area (TPSA) is 42.1 Å². The molecule has 3 nitrogen and oxygen atoms in total.